The van der Waals surface area contributed by atoms with E-state index in [1.54, 1.807) is 0 Å². The number of aromatic hydroxyl groups is 2. The van der Waals surface area contributed by atoms with E-state index in [4.69, 9.17) is 4.84 Å². The third kappa shape index (κ3) is 8.23. The SMILES string of the molecule is CSCCC(NC(=O)C(CC(C)C)NC(=O)CNC=O)C(=O)On1c(O)ccc1O. The molecule has 3 amide bonds. The summed E-state index contributed by atoms with van der Waals surface area (Å²) in [6.07, 6.45) is 2.74. The number of amides is 3. The summed E-state index contributed by atoms with van der Waals surface area (Å²) < 4.78 is 0.541. The van der Waals surface area contributed by atoms with Crippen molar-refractivity contribution in [3.63, 3.8) is 0 Å². The van der Waals surface area contributed by atoms with Gasteiger partial charge in [0, 0.05) is 12.1 Å². The number of rotatable bonds is 13. The third-order valence-electron chi connectivity index (χ3n) is 3.90. The van der Waals surface area contributed by atoms with Gasteiger partial charge in [-0.25, -0.2) is 4.79 Å². The first kappa shape index (κ1) is 25.1. The van der Waals surface area contributed by atoms with Crippen LogP contribution < -0.4 is 20.8 Å². The summed E-state index contributed by atoms with van der Waals surface area (Å²) in [4.78, 5) is 52.5. The van der Waals surface area contributed by atoms with Crippen molar-refractivity contribution in [1.82, 2.24) is 20.7 Å². The number of hydrogen-bond donors (Lipinski definition) is 5. The first-order chi connectivity index (χ1) is 14.2. The number of thioether (sulfide) groups is 1. The van der Waals surface area contributed by atoms with Gasteiger partial charge in [-0.3, -0.25) is 14.4 Å². The second-order valence-corrected chi connectivity index (χ2v) is 7.83. The van der Waals surface area contributed by atoms with Crippen molar-refractivity contribution in [2.24, 2.45) is 5.92 Å². The van der Waals surface area contributed by atoms with Gasteiger partial charge in [0.25, 0.3) is 0 Å². The number of carbonyl (C=O) groups excluding carboxylic acids is 4. The van der Waals surface area contributed by atoms with Crippen LogP contribution in [0.4, 0.5) is 0 Å². The van der Waals surface area contributed by atoms with E-state index in [2.05, 4.69) is 16.0 Å². The number of nitrogens with zero attached hydrogens (tertiary/aromatic N) is 1. The molecule has 0 aliphatic rings. The molecule has 0 spiro atoms. The van der Waals surface area contributed by atoms with E-state index in [9.17, 15) is 29.4 Å². The Balaban J connectivity index is 2.90. The summed E-state index contributed by atoms with van der Waals surface area (Å²) >= 11 is 1.45. The smallest absolute Gasteiger partial charge is 0.355 e. The molecule has 168 valence electrons. The molecule has 1 aromatic heterocycles. The van der Waals surface area contributed by atoms with Crippen LogP contribution in [0.2, 0.25) is 0 Å². The second kappa shape index (κ2) is 12.6. The number of hydrogen-bond acceptors (Lipinski definition) is 8. The van der Waals surface area contributed by atoms with E-state index < -0.39 is 41.6 Å². The van der Waals surface area contributed by atoms with E-state index in [0.717, 1.165) is 12.1 Å². The molecule has 0 aromatic carbocycles. The molecule has 0 aliphatic heterocycles. The molecule has 0 aliphatic carbocycles. The Bertz CT molecular complexity index is 719. The van der Waals surface area contributed by atoms with Gasteiger partial charge >= 0.3 is 5.97 Å². The largest absolute Gasteiger partial charge is 0.492 e. The maximum atomic E-state index is 12.8. The summed E-state index contributed by atoms with van der Waals surface area (Å²) in [7, 11) is 0. The van der Waals surface area contributed by atoms with Gasteiger partial charge in [-0.1, -0.05) is 13.8 Å². The van der Waals surface area contributed by atoms with E-state index in [0.29, 0.717) is 23.3 Å². The number of carbonyl (C=O) groups is 4. The Morgan fingerprint density at radius 1 is 1.17 bits per heavy atom. The van der Waals surface area contributed by atoms with Gasteiger partial charge in [-0.2, -0.15) is 11.8 Å². The van der Waals surface area contributed by atoms with Gasteiger partial charge in [0.05, 0.1) is 6.54 Å². The fourth-order valence-electron chi connectivity index (χ4n) is 2.49. The molecule has 5 N–H and O–H groups in total. The quantitative estimate of drug-likeness (QED) is 0.252. The van der Waals surface area contributed by atoms with E-state index in [1.165, 1.54) is 11.8 Å². The van der Waals surface area contributed by atoms with Crippen molar-refractivity contribution in [1.29, 1.82) is 0 Å². The summed E-state index contributed by atoms with van der Waals surface area (Å²) in [6, 6.07) is 0.272. The zero-order valence-electron chi connectivity index (χ0n) is 17.1. The molecule has 0 radical (unpaired) electrons. The molecular weight excluding hydrogens is 416 g/mol. The fourth-order valence-corrected chi connectivity index (χ4v) is 2.96. The molecule has 0 fully saturated rings. The van der Waals surface area contributed by atoms with Gasteiger partial charge in [0.15, 0.2) is 0 Å². The Labute approximate surface area is 178 Å². The highest BCUT2D eigenvalue weighted by atomic mass is 32.2. The lowest BCUT2D eigenvalue weighted by molar-refractivity contribution is -0.149. The summed E-state index contributed by atoms with van der Waals surface area (Å²) in [5, 5.41) is 26.6. The Hall–Kier alpha value is -2.89. The maximum Gasteiger partial charge on any atom is 0.355 e. The zero-order chi connectivity index (χ0) is 22.7. The molecule has 1 heterocycles. The van der Waals surface area contributed by atoms with Gasteiger partial charge in [0.2, 0.25) is 30.0 Å². The normalized spacial score (nSPS) is 12.7. The van der Waals surface area contributed by atoms with Crippen molar-refractivity contribution < 1.29 is 34.2 Å². The number of nitrogens with one attached hydrogen (secondary N) is 3. The van der Waals surface area contributed by atoms with Crippen LogP contribution in [-0.2, 0) is 19.2 Å². The maximum absolute atomic E-state index is 12.8. The van der Waals surface area contributed by atoms with Gasteiger partial charge in [-0.15, -0.1) is 4.73 Å². The van der Waals surface area contributed by atoms with E-state index >= 15 is 0 Å². The van der Waals surface area contributed by atoms with Crippen molar-refractivity contribution in [3.8, 4) is 11.8 Å². The van der Waals surface area contributed by atoms with E-state index in [-0.39, 0.29) is 18.9 Å². The molecule has 0 bridgehead atoms. The molecule has 1 rings (SSSR count). The van der Waals surface area contributed by atoms with E-state index in [1.807, 2.05) is 20.1 Å². The molecule has 0 saturated heterocycles. The highest BCUT2D eigenvalue weighted by Gasteiger charge is 2.29. The molecular formula is C18H28N4O7S. The predicted molar refractivity (Wildman–Crippen MR) is 110 cm³/mol. The minimum Gasteiger partial charge on any atom is -0.492 e. The summed E-state index contributed by atoms with van der Waals surface area (Å²) in [5.74, 6) is -2.41. The third-order valence-corrected chi connectivity index (χ3v) is 4.54. The Morgan fingerprint density at radius 3 is 2.33 bits per heavy atom. The summed E-state index contributed by atoms with van der Waals surface area (Å²) in [6.45, 7) is 3.45. The molecule has 2 atom stereocenters. The monoisotopic (exact) mass is 444 g/mol. The average Bonchev–Trinajstić information content (AvgIpc) is 3.00. The Morgan fingerprint density at radius 2 is 1.80 bits per heavy atom. The minimum absolute atomic E-state index is 0.0606. The Kier molecular flexibility index (Phi) is 10.6. The van der Waals surface area contributed by atoms with Crippen LogP contribution >= 0.6 is 11.8 Å². The van der Waals surface area contributed by atoms with Gasteiger partial charge in [-0.05, 0) is 30.8 Å². The number of aromatic nitrogens is 1. The van der Waals surface area contributed by atoms with Crippen molar-refractivity contribution >= 4 is 36.0 Å². The molecule has 30 heavy (non-hydrogen) atoms. The molecule has 12 heteroatoms. The predicted octanol–water partition coefficient (Wildman–Crippen LogP) is -0.631. The first-order valence-electron chi connectivity index (χ1n) is 9.27. The topological polar surface area (TPSA) is 159 Å². The lowest BCUT2D eigenvalue weighted by Crippen LogP contribution is -2.54. The molecule has 11 nitrogen and oxygen atoms in total. The van der Waals surface area contributed by atoms with Crippen LogP contribution in [0.3, 0.4) is 0 Å². The standard InChI is InChI=1S/C18H28N4O7S/c1-11(2)8-13(20-14(24)9-19-10-23)17(27)21-12(6-7-30-3)18(28)29-22-15(25)4-5-16(22)26/h4-5,10-13,25-26H,6-9H2,1-3H3,(H,19,23)(H,20,24)(H,21,27). The molecule has 2 unspecified atom stereocenters. The van der Waals surface area contributed by atoms with Crippen LogP contribution in [0.5, 0.6) is 11.8 Å². The van der Waals surface area contributed by atoms with Crippen LogP contribution in [0.1, 0.15) is 26.7 Å². The highest BCUT2D eigenvalue weighted by Crippen LogP contribution is 2.19. The van der Waals surface area contributed by atoms with Gasteiger partial charge < -0.3 is 31.0 Å². The van der Waals surface area contributed by atoms with Gasteiger partial charge in [0.1, 0.15) is 12.1 Å². The van der Waals surface area contributed by atoms with Crippen molar-refractivity contribution in [2.45, 2.75) is 38.8 Å². The zero-order valence-corrected chi connectivity index (χ0v) is 17.9. The lowest BCUT2D eigenvalue weighted by atomic mass is 10.0. The first-order valence-corrected chi connectivity index (χ1v) is 10.7. The highest BCUT2D eigenvalue weighted by molar-refractivity contribution is 7.98. The average molecular weight is 445 g/mol. The minimum atomic E-state index is -1.08. The van der Waals surface area contributed by atoms with Crippen LogP contribution in [0.15, 0.2) is 12.1 Å². The summed E-state index contributed by atoms with van der Waals surface area (Å²) in [5.41, 5.74) is 0. The molecule has 0 saturated carbocycles. The van der Waals surface area contributed by atoms with Crippen LogP contribution in [0.25, 0.3) is 0 Å². The fraction of sp³-hybridized carbons (Fsp3) is 0.556. The lowest BCUT2D eigenvalue weighted by Gasteiger charge is -2.23. The second-order valence-electron chi connectivity index (χ2n) is 6.85. The van der Waals surface area contributed by atoms with Crippen molar-refractivity contribution in [2.75, 3.05) is 18.6 Å². The molecule has 1 aromatic rings. The van der Waals surface area contributed by atoms with Crippen molar-refractivity contribution in [3.05, 3.63) is 12.1 Å². The van der Waals surface area contributed by atoms with Crippen LogP contribution in [0, 0.1) is 5.92 Å². The van der Waals surface area contributed by atoms with Crippen LogP contribution in [-0.4, -0.2) is 69.8 Å².